The Balaban J connectivity index is 2.48. The van der Waals surface area contributed by atoms with Crippen LogP contribution in [-0.4, -0.2) is 19.7 Å². The fourth-order valence-corrected chi connectivity index (χ4v) is 1.17. The van der Waals surface area contributed by atoms with Crippen molar-refractivity contribution in [3.05, 3.63) is 23.5 Å². The third kappa shape index (κ3) is 0.801. The summed E-state index contributed by atoms with van der Waals surface area (Å²) < 4.78 is 1.62. The Labute approximate surface area is 61.2 Å². The van der Waals surface area contributed by atoms with Crippen LogP contribution in [0.2, 0.25) is 0 Å². The zero-order valence-corrected chi connectivity index (χ0v) is 5.82. The standard InChI is InChI=1S/C5H4N4S/c1-5(7-4-10-1)9-3-6-2-8-9/h1-4H. The fourth-order valence-electron chi connectivity index (χ4n) is 0.646. The van der Waals surface area contributed by atoms with Crippen LogP contribution in [0, 0.1) is 0 Å². The molecule has 0 radical (unpaired) electrons. The summed E-state index contributed by atoms with van der Waals surface area (Å²) in [4.78, 5) is 7.83. The molecule has 50 valence electrons. The van der Waals surface area contributed by atoms with E-state index in [0.29, 0.717) is 0 Å². The van der Waals surface area contributed by atoms with Gasteiger partial charge in [-0.2, -0.15) is 5.10 Å². The third-order valence-electron chi connectivity index (χ3n) is 1.07. The Morgan fingerprint density at radius 2 is 2.50 bits per heavy atom. The second kappa shape index (κ2) is 2.18. The lowest BCUT2D eigenvalue weighted by molar-refractivity contribution is 0.853. The van der Waals surface area contributed by atoms with Crippen molar-refractivity contribution in [2.45, 2.75) is 0 Å². The summed E-state index contributed by atoms with van der Waals surface area (Å²) in [7, 11) is 0. The van der Waals surface area contributed by atoms with Gasteiger partial charge in [-0.1, -0.05) is 0 Å². The van der Waals surface area contributed by atoms with Gasteiger partial charge in [0.25, 0.3) is 0 Å². The van der Waals surface area contributed by atoms with Crippen LogP contribution in [0.5, 0.6) is 0 Å². The first-order valence-corrected chi connectivity index (χ1v) is 3.64. The summed E-state index contributed by atoms with van der Waals surface area (Å²) in [5.74, 6) is 0.822. The molecule has 0 bridgehead atoms. The van der Waals surface area contributed by atoms with Gasteiger partial charge < -0.3 is 0 Å². The molecule has 0 atom stereocenters. The van der Waals surface area contributed by atoms with Gasteiger partial charge in [0.05, 0.1) is 5.51 Å². The van der Waals surface area contributed by atoms with Crippen LogP contribution in [0.15, 0.2) is 23.5 Å². The van der Waals surface area contributed by atoms with Crippen molar-refractivity contribution in [2.24, 2.45) is 0 Å². The largest absolute Gasteiger partial charge is 0.225 e. The monoisotopic (exact) mass is 152 g/mol. The SMILES string of the molecule is c1ncn(-c2cscn2)n1. The van der Waals surface area contributed by atoms with Gasteiger partial charge in [-0.3, -0.25) is 0 Å². The van der Waals surface area contributed by atoms with Crippen LogP contribution < -0.4 is 0 Å². The minimum Gasteiger partial charge on any atom is -0.225 e. The van der Waals surface area contributed by atoms with Crippen molar-refractivity contribution in [3.8, 4) is 5.82 Å². The molecular formula is C5H4N4S. The van der Waals surface area contributed by atoms with Gasteiger partial charge in [0.2, 0.25) is 0 Å². The smallest absolute Gasteiger partial charge is 0.165 e. The number of hydrogen-bond donors (Lipinski definition) is 0. The van der Waals surface area contributed by atoms with Gasteiger partial charge in [0.15, 0.2) is 5.82 Å². The van der Waals surface area contributed by atoms with Crippen molar-refractivity contribution < 1.29 is 0 Å². The van der Waals surface area contributed by atoms with Crippen molar-refractivity contribution >= 4 is 11.3 Å². The summed E-state index contributed by atoms with van der Waals surface area (Å²) in [6, 6.07) is 0. The van der Waals surface area contributed by atoms with Gasteiger partial charge in [0.1, 0.15) is 12.7 Å². The number of aromatic nitrogens is 4. The van der Waals surface area contributed by atoms with E-state index in [-0.39, 0.29) is 0 Å². The molecule has 2 heterocycles. The van der Waals surface area contributed by atoms with Crippen molar-refractivity contribution in [3.63, 3.8) is 0 Å². The highest BCUT2D eigenvalue weighted by molar-refractivity contribution is 7.07. The quantitative estimate of drug-likeness (QED) is 0.604. The molecule has 0 fully saturated rings. The molecular weight excluding hydrogens is 148 g/mol. The number of thiazole rings is 1. The second-order valence-corrected chi connectivity index (χ2v) is 2.41. The number of hydrogen-bond acceptors (Lipinski definition) is 4. The maximum atomic E-state index is 4.04. The maximum Gasteiger partial charge on any atom is 0.165 e. The molecule has 2 rings (SSSR count). The Hall–Kier alpha value is -1.23. The van der Waals surface area contributed by atoms with E-state index < -0.39 is 0 Å². The topological polar surface area (TPSA) is 43.6 Å². The molecule has 5 heteroatoms. The maximum absolute atomic E-state index is 4.04. The molecule has 10 heavy (non-hydrogen) atoms. The van der Waals surface area contributed by atoms with E-state index in [1.54, 1.807) is 16.5 Å². The fraction of sp³-hybridized carbons (Fsp3) is 0. The van der Waals surface area contributed by atoms with Gasteiger partial charge in [-0.05, 0) is 0 Å². The molecule has 2 aromatic heterocycles. The molecule has 0 spiro atoms. The zero-order valence-electron chi connectivity index (χ0n) is 5.01. The molecule has 0 aliphatic heterocycles. The molecule has 4 nitrogen and oxygen atoms in total. The van der Waals surface area contributed by atoms with Gasteiger partial charge in [-0.25, -0.2) is 14.6 Å². The van der Waals surface area contributed by atoms with E-state index in [1.165, 1.54) is 17.7 Å². The summed E-state index contributed by atoms with van der Waals surface area (Å²) in [5.41, 5.74) is 1.76. The molecule has 0 amide bonds. The number of rotatable bonds is 1. The summed E-state index contributed by atoms with van der Waals surface area (Å²) >= 11 is 1.54. The van der Waals surface area contributed by atoms with E-state index >= 15 is 0 Å². The Bertz CT molecular complexity index is 253. The highest BCUT2D eigenvalue weighted by atomic mass is 32.1. The summed E-state index contributed by atoms with van der Waals surface area (Å²) in [6.07, 6.45) is 3.11. The summed E-state index contributed by atoms with van der Waals surface area (Å²) in [6.45, 7) is 0. The lowest BCUT2D eigenvalue weighted by atomic mass is 10.8. The molecule has 0 saturated heterocycles. The van der Waals surface area contributed by atoms with Crippen LogP contribution in [0.25, 0.3) is 5.82 Å². The summed E-state index contributed by atoms with van der Waals surface area (Å²) in [5, 5.41) is 5.82. The van der Waals surface area contributed by atoms with Crippen LogP contribution in [-0.2, 0) is 0 Å². The van der Waals surface area contributed by atoms with E-state index in [1.807, 2.05) is 5.38 Å². The van der Waals surface area contributed by atoms with Gasteiger partial charge in [0, 0.05) is 5.38 Å². The first-order valence-electron chi connectivity index (χ1n) is 2.70. The highest BCUT2D eigenvalue weighted by Crippen LogP contribution is 2.03. The predicted octanol–water partition coefficient (Wildman–Crippen LogP) is 0.724. The van der Waals surface area contributed by atoms with E-state index in [2.05, 4.69) is 15.1 Å². The first kappa shape index (κ1) is 5.55. The molecule has 0 saturated carbocycles. The second-order valence-electron chi connectivity index (χ2n) is 1.69. The molecule has 0 N–H and O–H groups in total. The lowest BCUT2D eigenvalue weighted by Gasteiger charge is -1.88. The molecule has 0 unspecified atom stereocenters. The van der Waals surface area contributed by atoms with Crippen molar-refractivity contribution in [2.75, 3.05) is 0 Å². The average Bonchev–Trinajstić information content (AvgIpc) is 2.59. The minimum absolute atomic E-state index is 0.822. The lowest BCUT2D eigenvalue weighted by Crippen LogP contribution is -1.92. The molecule has 2 aromatic rings. The predicted molar refractivity (Wildman–Crippen MR) is 37.0 cm³/mol. The first-order chi connectivity index (χ1) is 4.97. The van der Waals surface area contributed by atoms with Crippen LogP contribution in [0.4, 0.5) is 0 Å². The van der Waals surface area contributed by atoms with Crippen LogP contribution in [0.1, 0.15) is 0 Å². The molecule has 0 aliphatic carbocycles. The Morgan fingerprint density at radius 3 is 3.10 bits per heavy atom. The van der Waals surface area contributed by atoms with Crippen LogP contribution >= 0.6 is 11.3 Å². The highest BCUT2D eigenvalue weighted by Gasteiger charge is 1.95. The number of nitrogens with zero attached hydrogens (tertiary/aromatic N) is 4. The van der Waals surface area contributed by atoms with E-state index in [4.69, 9.17) is 0 Å². The van der Waals surface area contributed by atoms with Gasteiger partial charge in [-0.15, -0.1) is 11.3 Å². The van der Waals surface area contributed by atoms with Crippen molar-refractivity contribution in [1.29, 1.82) is 0 Å². The normalized spacial score (nSPS) is 10.0. The molecule has 0 aromatic carbocycles. The Kier molecular flexibility index (Phi) is 1.21. The van der Waals surface area contributed by atoms with Crippen molar-refractivity contribution in [1.82, 2.24) is 19.7 Å². The van der Waals surface area contributed by atoms with Gasteiger partial charge >= 0.3 is 0 Å². The Morgan fingerprint density at radius 1 is 1.50 bits per heavy atom. The van der Waals surface area contributed by atoms with E-state index in [0.717, 1.165) is 5.82 Å². The molecule has 0 aliphatic rings. The third-order valence-corrected chi connectivity index (χ3v) is 1.65. The van der Waals surface area contributed by atoms with Crippen LogP contribution in [0.3, 0.4) is 0 Å². The average molecular weight is 152 g/mol. The zero-order chi connectivity index (χ0) is 6.81. The van der Waals surface area contributed by atoms with E-state index in [9.17, 15) is 0 Å². The minimum atomic E-state index is 0.822.